The van der Waals surface area contributed by atoms with Crippen LogP contribution in [0.4, 0.5) is 0 Å². The average molecular weight is 583 g/mol. The summed E-state index contributed by atoms with van der Waals surface area (Å²) in [5.41, 5.74) is 0.344. The third kappa shape index (κ3) is 8.44. The van der Waals surface area contributed by atoms with Gasteiger partial charge in [-0.25, -0.2) is 0 Å². The van der Waals surface area contributed by atoms with Crippen LogP contribution in [-0.4, -0.2) is 59.6 Å². The van der Waals surface area contributed by atoms with Gasteiger partial charge < -0.3 is 19.7 Å². The number of piperazine rings is 1. The van der Waals surface area contributed by atoms with Crippen LogP contribution in [0.3, 0.4) is 0 Å². The van der Waals surface area contributed by atoms with Crippen molar-refractivity contribution >= 4 is 51.0 Å². The monoisotopic (exact) mass is 581 g/mol. The van der Waals surface area contributed by atoms with Crippen LogP contribution >= 0.6 is 28.1 Å². The van der Waals surface area contributed by atoms with E-state index >= 15 is 0 Å². The van der Waals surface area contributed by atoms with Gasteiger partial charge in [-0.05, 0) is 62.5 Å². The topological polar surface area (TPSA) is 97.0 Å². The molecule has 1 aromatic rings. The van der Waals surface area contributed by atoms with Crippen LogP contribution in [0.25, 0.3) is 0 Å². The molecule has 1 atom stereocenters. The lowest BCUT2D eigenvalue weighted by molar-refractivity contribution is -0.153. The third-order valence-electron chi connectivity index (χ3n) is 6.46. The summed E-state index contributed by atoms with van der Waals surface area (Å²) in [5.74, 6) is -0.691. The highest BCUT2D eigenvalue weighted by molar-refractivity contribution is 9.10. The second-order valence-corrected chi connectivity index (χ2v) is 10.6. The SMILES string of the molecule is CCCCCCOc1ccc(Br)cc1C(=O)NC(=S)N1CCNC(=O)C1CC(=O)OC1CCCCC1. The highest BCUT2D eigenvalue weighted by Crippen LogP contribution is 2.24. The Morgan fingerprint density at radius 1 is 1.19 bits per heavy atom. The molecule has 198 valence electrons. The zero-order valence-corrected chi connectivity index (χ0v) is 23.3. The summed E-state index contributed by atoms with van der Waals surface area (Å²) in [6.07, 6.45) is 9.01. The van der Waals surface area contributed by atoms with Gasteiger partial charge in [0.15, 0.2) is 5.11 Å². The van der Waals surface area contributed by atoms with Crippen LogP contribution in [-0.2, 0) is 14.3 Å². The number of thiocarbonyl (C=S) groups is 1. The van der Waals surface area contributed by atoms with Gasteiger partial charge in [0.05, 0.1) is 18.6 Å². The largest absolute Gasteiger partial charge is 0.493 e. The third-order valence-corrected chi connectivity index (χ3v) is 7.29. The number of carbonyl (C=O) groups is 3. The number of nitrogens with one attached hydrogen (secondary N) is 2. The van der Waals surface area contributed by atoms with E-state index in [1.165, 1.54) is 0 Å². The number of benzene rings is 1. The lowest BCUT2D eigenvalue weighted by Gasteiger charge is -2.36. The van der Waals surface area contributed by atoms with Gasteiger partial charge in [0.2, 0.25) is 5.91 Å². The van der Waals surface area contributed by atoms with E-state index in [4.69, 9.17) is 21.7 Å². The average Bonchev–Trinajstić information content (AvgIpc) is 2.86. The highest BCUT2D eigenvalue weighted by Gasteiger charge is 2.35. The molecule has 0 spiro atoms. The molecule has 3 rings (SSSR count). The molecule has 1 aliphatic carbocycles. The molecule has 1 unspecified atom stereocenters. The molecular formula is C26H36BrN3O5S. The Morgan fingerprint density at radius 2 is 1.97 bits per heavy atom. The maximum absolute atomic E-state index is 13.2. The van der Waals surface area contributed by atoms with Gasteiger partial charge in [0, 0.05) is 17.6 Å². The molecule has 0 radical (unpaired) electrons. The lowest BCUT2D eigenvalue weighted by atomic mass is 9.98. The maximum Gasteiger partial charge on any atom is 0.308 e. The first-order chi connectivity index (χ1) is 17.4. The van der Waals surface area contributed by atoms with E-state index in [-0.39, 0.29) is 23.5 Å². The van der Waals surface area contributed by atoms with Crippen molar-refractivity contribution < 1.29 is 23.9 Å². The summed E-state index contributed by atoms with van der Waals surface area (Å²) in [6, 6.07) is 4.42. The number of hydrogen-bond acceptors (Lipinski definition) is 6. The van der Waals surface area contributed by atoms with Crippen molar-refractivity contribution in [3.63, 3.8) is 0 Å². The van der Waals surface area contributed by atoms with Crippen molar-refractivity contribution in [1.29, 1.82) is 0 Å². The Kier molecular flexibility index (Phi) is 11.4. The summed E-state index contributed by atoms with van der Waals surface area (Å²) in [4.78, 5) is 40.0. The van der Waals surface area contributed by atoms with Crippen molar-refractivity contribution in [2.75, 3.05) is 19.7 Å². The van der Waals surface area contributed by atoms with Crippen LogP contribution < -0.4 is 15.4 Å². The van der Waals surface area contributed by atoms with Crippen LogP contribution in [0.15, 0.2) is 22.7 Å². The summed E-state index contributed by atoms with van der Waals surface area (Å²) in [5, 5.41) is 5.61. The van der Waals surface area contributed by atoms with Crippen LogP contribution in [0.2, 0.25) is 0 Å². The van der Waals surface area contributed by atoms with E-state index in [1.54, 1.807) is 17.0 Å². The number of rotatable bonds is 10. The molecular weight excluding hydrogens is 546 g/mol. The fourth-order valence-corrected chi connectivity index (χ4v) is 5.16. The van der Waals surface area contributed by atoms with Crippen molar-refractivity contribution in [3.05, 3.63) is 28.2 Å². The molecule has 8 nitrogen and oxygen atoms in total. The van der Waals surface area contributed by atoms with Gasteiger partial charge in [-0.1, -0.05) is 48.5 Å². The Labute approximate surface area is 227 Å². The van der Waals surface area contributed by atoms with Crippen molar-refractivity contribution in [2.45, 2.75) is 83.3 Å². The number of amides is 2. The highest BCUT2D eigenvalue weighted by atomic mass is 79.9. The Hall–Kier alpha value is -2.20. The number of nitrogens with zero attached hydrogens (tertiary/aromatic N) is 1. The first-order valence-corrected chi connectivity index (χ1v) is 14.1. The van der Waals surface area contributed by atoms with Crippen molar-refractivity contribution in [1.82, 2.24) is 15.5 Å². The molecule has 1 aliphatic heterocycles. The normalized spacial score (nSPS) is 18.3. The van der Waals surface area contributed by atoms with Gasteiger partial charge >= 0.3 is 5.97 Å². The number of esters is 1. The van der Waals surface area contributed by atoms with Crippen molar-refractivity contribution in [2.24, 2.45) is 0 Å². The zero-order valence-electron chi connectivity index (χ0n) is 20.9. The molecule has 1 saturated carbocycles. The fourth-order valence-electron chi connectivity index (χ4n) is 4.49. The minimum Gasteiger partial charge on any atom is -0.493 e. The summed E-state index contributed by atoms with van der Waals surface area (Å²) < 4.78 is 12.2. The van der Waals surface area contributed by atoms with Gasteiger partial charge in [-0.2, -0.15) is 0 Å². The molecule has 1 saturated heterocycles. The molecule has 2 N–H and O–H groups in total. The number of ether oxygens (including phenoxy) is 2. The molecule has 36 heavy (non-hydrogen) atoms. The maximum atomic E-state index is 13.2. The van der Waals surface area contributed by atoms with E-state index in [1.807, 2.05) is 6.07 Å². The molecule has 2 aliphatic rings. The van der Waals surface area contributed by atoms with Crippen LogP contribution in [0.1, 0.15) is 81.5 Å². The van der Waals surface area contributed by atoms with Gasteiger partial charge in [0.25, 0.3) is 5.91 Å². The summed E-state index contributed by atoms with van der Waals surface area (Å²) >= 11 is 8.93. The molecule has 10 heteroatoms. The van der Waals surface area contributed by atoms with E-state index < -0.39 is 17.9 Å². The Morgan fingerprint density at radius 3 is 2.72 bits per heavy atom. The quantitative estimate of drug-likeness (QED) is 0.239. The van der Waals surface area contributed by atoms with Crippen LogP contribution in [0, 0.1) is 0 Å². The molecule has 0 bridgehead atoms. The predicted octanol–water partition coefficient (Wildman–Crippen LogP) is 4.49. The van der Waals surface area contributed by atoms with E-state index in [2.05, 4.69) is 33.5 Å². The zero-order chi connectivity index (χ0) is 25.9. The molecule has 1 heterocycles. The molecule has 2 fully saturated rings. The number of halogens is 1. The van der Waals surface area contributed by atoms with E-state index in [0.717, 1.165) is 62.3 Å². The van der Waals surface area contributed by atoms with Gasteiger partial charge in [-0.3, -0.25) is 19.7 Å². The Balaban J connectivity index is 1.62. The van der Waals surface area contributed by atoms with E-state index in [9.17, 15) is 14.4 Å². The van der Waals surface area contributed by atoms with E-state index in [0.29, 0.717) is 31.0 Å². The molecule has 0 aromatic heterocycles. The molecule has 2 amide bonds. The minimum atomic E-state index is -0.834. The number of carbonyl (C=O) groups excluding carboxylic acids is 3. The second-order valence-electron chi connectivity index (χ2n) is 9.26. The van der Waals surface area contributed by atoms with Crippen molar-refractivity contribution in [3.8, 4) is 5.75 Å². The smallest absolute Gasteiger partial charge is 0.308 e. The lowest BCUT2D eigenvalue weighted by Crippen LogP contribution is -2.60. The van der Waals surface area contributed by atoms with Crippen LogP contribution in [0.5, 0.6) is 5.75 Å². The first-order valence-electron chi connectivity index (χ1n) is 12.9. The first kappa shape index (κ1) is 28.4. The van der Waals surface area contributed by atoms with Gasteiger partial charge in [-0.15, -0.1) is 0 Å². The Bertz CT molecular complexity index is 938. The minimum absolute atomic E-state index is 0.0880. The van der Waals surface area contributed by atoms with Gasteiger partial charge in [0.1, 0.15) is 17.9 Å². The number of hydrogen-bond donors (Lipinski definition) is 2. The number of unbranched alkanes of at least 4 members (excludes halogenated alkanes) is 3. The summed E-state index contributed by atoms with van der Waals surface area (Å²) in [6.45, 7) is 3.42. The predicted molar refractivity (Wildman–Crippen MR) is 145 cm³/mol. The second kappa shape index (κ2) is 14.5. The molecule has 1 aromatic carbocycles. The fraction of sp³-hybridized carbons (Fsp3) is 0.615. The standard InChI is InChI=1S/C26H36BrN3O5S/c1-2-3-4-8-15-34-22-12-11-18(27)16-20(22)24(32)29-26(36)30-14-13-28-25(33)21(30)17-23(31)35-19-9-6-5-7-10-19/h11-12,16,19,21H,2-10,13-15,17H2,1H3,(H,28,33)(H,29,32,36). The summed E-state index contributed by atoms with van der Waals surface area (Å²) in [7, 11) is 0.